The zero-order chi connectivity index (χ0) is 19.3. The first kappa shape index (κ1) is 17.7. The fraction of sp³-hybridized carbons (Fsp3) is 0.333. The molecule has 2 aliphatic rings. The summed E-state index contributed by atoms with van der Waals surface area (Å²) >= 11 is 0. The molecule has 140 valence electrons. The number of hydroxylamine groups is 2. The van der Waals surface area contributed by atoms with Crippen LogP contribution in [0.1, 0.15) is 28.3 Å². The molecule has 27 heavy (non-hydrogen) atoms. The fourth-order valence-corrected chi connectivity index (χ4v) is 4.04. The molecule has 6 nitrogen and oxygen atoms in total. The number of hydrogen-bond acceptors (Lipinski definition) is 5. The van der Waals surface area contributed by atoms with Crippen molar-refractivity contribution in [1.82, 2.24) is 9.96 Å². The van der Waals surface area contributed by atoms with Crippen molar-refractivity contribution in [2.45, 2.75) is 32.5 Å². The first-order valence-electron chi connectivity index (χ1n) is 8.97. The third-order valence-electron chi connectivity index (χ3n) is 5.45. The maximum Gasteiger partial charge on any atom is 0.261 e. The Bertz CT molecular complexity index is 889. The second kappa shape index (κ2) is 6.48. The molecule has 2 aromatic rings. The highest BCUT2D eigenvalue weighted by Gasteiger charge is 2.58. The van der Waals surface area contributed by atoms with Crippen LogP contribution in [0, 0.1) is 19.8 Å². The van der Waals surface area contributed by atoms with E-state index in [9.17, 15) is 14.7 Å². The summed E-state index contributed by atoms with van der Waals surface area (Å²) in [5.74, 6) is -0.879. The predicted octanol–water partition coefficient (Wildman–Crippen LogP) is 2.48. The van der Waals surface area contributed by atoms with Gasteiger partial charge in [0.05, 0.1) is 12.0 Å². The van der Waals surface area contributed by atoms with Crippen LogP contribution in [-0.4, -0.2) is 40.0 Å². The first-order chi connectivity index (χ1) is 12.9. The Kier molecular flexibility index (Phi) is 4.25. The van der Waals surface area contributed by atoms with Gasteiger partial charge in [-0.2, -0.15) is 5.06 Å². The van der Waals surface area contributed by atoms with Gasteiger partial charge >= 0.3 is 0 Å². The molecular weight excluding hydrogens is 344 g/mol. The zero-order valence-electron chi connectivity index (χ0n) is 15.5. The molecule has 0 saturated carbocycles. The fourth-order valence-electron chi connectivity index (χ4n) is 4.04. The Labute approximate surface area is 157 Å². The van der Waals surface area contributed by atoms with Gasteiger partial charge in [0, 0.05) is 13.6 Å². The minimum Gasteiger partial charge on any atom is -0.507 e. The molecule has 3 unspecified atom stereocenters. The van der Waals surface area contributed by atoms with Crippen LogP contribution >= 0.6 is 0 Å². The molecule has 2 saturated heterocycles. The highest BCUT2D eigenvalue weighted by molar-refractivity contribution is 6.07. The molecule has 4 rings (SSSR count). The van der Waals surface area contributed by atoms with Gasteiger partial charge in [-0.1, -0.05) is 42.5 Å². The van der Waals surface area contributed by atoms with Gasteiger partial charge in [0.1, 0.15) is 5.75 Å². The lowest BCUT2D eigenvalue weighted by molar-refractivity contribution is -0.183. The lowest BCUT2D eigenvalue weighted by Crippen LogP contribution is -2.34. The van der Waals surface area contributed by atoms with Gasteiger partial charge in [0.15, 0.2) is 6.10 Å². The zero-order valence-corrected chi connectivity index (χ0v) is 15.5. The average Bonchev–Trinajstić information content (AvgIpc) is 3.12. The van der Waals surface area contributed by atoms with Crippen molar-refractivity contribution in [3.63, 3.8) is 0 Å². The maximum atomic E-state index is 12.8. The Morgan fingerprint density at radius 1 is 1.04 bits per heavy atom. The summed E-state index contributed by atoms with van der Waals surface area (Å²) in [6.07, 6.45) is -0.800. The Hall–Kier alpha value is -2.70. The maximum absolute atomic E-state index is 12.8. The molecule has 1 N–H and O–H groups in total. The summed E-state index contributed by atoms with van der Waals surface area (Å²) in [4.78, 5) is 32.4. The Balaban J connectivity index is 1.77. The number of imide groups is 1. The predicted molar refractivity (Wildman–Crippen MR) is 98.4 cm³/mol. The molecule has 0 spiro atoms. The SMILES string of the molecule is Cc1cc(C2C3C(=O)N(C)C(=O)C3ON2Cc2ccccc2)cc(C)c1O. The van der Waals surface area contributed by atoms with Gasteiger partial charge in [0.2, 0.25) is 5.91 Å². The van der Waals surface area contributed by atoms with Crippen LogP contribution in [0.25, 0.3) is 0 Å². The van der Waals surface area contributed by atoms with E-state index in [1.807, 2.05) is 56.3 Å². The summed E-state index contributed by atoms with van der Waals surface area (Å²) in [5, 5.41) is 11.9. The van der Waals surface area contributed by atoms with Crippen molar-refractivity contribution in [2.75, 3.05) is 7.05 Å². The molecule has 2 aliphatic heterocycles. The monoisotopic (exact) mass is 366 g/mol. The summed E-state index contributed by atoms with van der Waals surface area (Å²) in [6.45, 7) is 4.12. The van der Waals surface area contributed by atoms with E-state index in [2.05, 4.69) is 0 Å². The van der Waals surface area contributed by atoms with Gasteiger partial charge < -0.3 is 5.11 Å². The number of carbonyl (C=O) groups is 2. The van der Waals surface area contributed by atoms with Gasteiger partial charge in [-0.15, -0.1) is 0 Å². The van der Waals surface area contributed by atoms with Crippen molar-refractivity contribution < 1.29 is 19.5 Å². The highest BCUT2D eigenvalue weighted by Crippen LogP contribution is 2.45. The van der Waals surface area contributed by atoms with Crippen LogP contribution in [0.4, 0.5) is 0 Å². The number of benzene rings is 2. The van der Waals surface area contributed by atoms with Gasteiger partial charge in [-0.3, -0.25) is 19.3 Å². The minimum absolute atomic E-state index is 0.228. The van der Waals surface area contributed by atoms with E-state index in [-0.39, 0.29) is 17.6 Å². The number of nitrogens with zero attached hydrogens (tertiary/aromatic N) is 2. The van der Waals surface area contributed by atoms with E-state index in [1.54, 1.807) is 5.06 Å². The summed E-state index contributed by atoms with van der Waals surface area (Å²) in [7, 11) is 1.50. The van der Waals surface area contributed by atoms with E-state index < -0.39 is 18.1 Å². The van der Waals surface area contributed by atoms with Gasteiger partial charge in [-0.05, 0) is 36.1 Å². The van der Waals surface area contributed by atoms with Gasteiger partial charge in [0.25, 0.3) is 5.91 Å². The molecular formula is C21H22N2O4. The lowest BCUT2D eigenvalue weighted by atomic mass is 9.89. The molecule has 0 bridgehead atoms. The molecule has 0 aliphatic carbocycles. The third-order valence-corrected chi connectivity index (χ3v) is 5.45. The smallest absolute Gasteiger partial charge is 0.261 e. The van der Waals surface area contributed by atoms with Crippen molar-refractivity contribution in [3.8, 4) is 5.75 Å². The number of carbonyl (C=O) groups excluding carboxylic acids is 2. The topological polar surface area (TPSA) is 70.1 Å². The number of rotatable bonds is 3. The summed E-state index contributed by atoms with van der Waals surface area (Å²) in [6, 6.07) is 13.1. The molecule has 2 amide bonds. The second-order valence-electron chi connectivity index (χ2n) is 7.30. The van der Waals surface area contributed by atoms with Crippen LogP contribution in [0.15, 0.2) is 42.5 Å². The standard InChI is InChI=1S/C21H22N2O4/c1-12-9-15(10-13(2)18(12)24)17-16-19(21(26)22(3)20(16)25)27-23(17)11-14-7-5-4-6-8-14/h4-10,16-17,19,24H,11H2,1-3H3. The van der Waals surface area contributed by atoms with Crippen LogP contribution < -0.4 is 0 Å². The molecule has 6 heteroatoms. The number of likely N-dealkylation sites (N-methyl/N-ethyl adjacent to an activating group) is 1. The quantitative estimate of drug-likeness (QED) is 0.845. The number of fused-ring (bicyclic) bond motifs is 1. The Morgan fingerprint density at radius 3 is 2.30 bits per heavy atom. The third kappa shape index (κ3) is 2.81. The number of likely N-dealkylation sites (tertiary alicyclic amines) is 1. The largest absolute Gasteiger partial charge is 0.507 e. The Morgan fingerprint density at radius 2 is 1.67 bits per heavy atom. The summed E-state index contributed by atoms with van der Waals surface area (Å²) < 4.78 is 0. The second-order valence-corrected chi connectivity index (χ2v) is 7.30. The lowest BCUT2D eigenvalue weighted by Gasteiger charge is -2.27. The van der Waals surface area contributed by atoms with E-state index in [4.69, 9.17) is 4.84 Å². The number of aryl methyl sites for hydroxylation is 2. The van der Waals surface area contributed by atoms with Gasteiger partial charge in [-0.25, -0.2) is 0 Å². The molecule has 2 aromatic carbocycles. The molecule has 0 radical (unpaired) electrons. The number of phenolic OH excluding ortho intramolecular Hbond substituents is 1. The van der Waals surface area contributed by atoms with E-state index in [1.165, 1.54) is 7.05 Å². The van der Waals surface area contributed by atoms with Crippen LogP contribution in [0.3, 0.4) is 0 Å². The average molecular weight is 366 g/mol. The summed E-state index contributed by atoms with van der Waals surface area (Å²) in [5.41, 5.74) is 3.36. The van der Waals surface area contributed by atoms with Crippen LogP contribution in [0.2, 0.25) is 0 Å². The molecule has 3 atom stereocenters. The number of phenols is 1. The highest BCUT2D eigenvalue weighted by atomic mass is 16.7. The molecule has 2 fully saturated rings. The number of aromatic hydroxyl groups is 1. The molecule has 0 aromatic heterocycles. The van der Waals surface area contributed by atoms with E-state index in [0.29, 0.717) is 6.54 Å². The van der Waals surface area contributed by atoms with Crippen molar-refractivity contribution in [3.05, 3.63) is 64.7 Å². The van der Waals surface area contributed by atoms with Crippen molar-refractivity contribution in [1.29, 1.82) is 0 Å². The molecule has 2 heterocycles. The van der Waals surface area contributed by atoms with Crippen molar-refractivity contribution >= 4 is 11.8 Å². The normalized spacial score (nSPS) is 25.3. The number of amides is 2. The van der Waals surface area contributed by atoms with E-state index >= 15 is 0 Å². The van der Waals surface area contributed by atoms with E-state index in [0.717, 1.165) is 27.2 Å². The van der Waals surface area contributed by atoms with Crippen LogP contribution in [0.5, 0.6) is 5.75 Å². The first-order valence-corrected chi connectivity index (χ1v) is 8.97. The van der Waals surface area contributed by atoms with Crippen LogP contribution in [-0.2, 0) is 21.0 Å². The number of hydrogen-bond donors (Lipinski definition) is 1. The van der Waals surface area contributed by atoms with Crippen molar-refractivity contribution in [2.24, 2.45) is 5.92 Å². The minimum atomic E-state index is -0.800.